The maximum atomic E-state index is 11.3. The molecule has 0 bridgehead atoms. The number of hydrogen-bond donors (Lipinski definition) is 2. The number of aromatic nitrogens is 1. The van der Waals surface area contributed by atoms with Crippen molar-refractivity contribution in [2.75, 3.05) is 5.32 Å². The molecule has 1 aromatic carbocycles. The lowest BCUT2D eigenvalue weighted by Crippen LogP contribution is -2.29. The third kappa shape index (κ3) is 4.34. The lowest BCUT2D eigenvalue weighted by atomic mass is 10.1. The van der Waals surface area contributed by atoms with Gasteiger partial charge in [0.05, 0.1) is 0 Å². The number of carboxylic acids is 1. The van der Waals surface area contributed by atoms with Gasteiger partial charge in [0.1, 0.15) is 11.6 Å². The van der Waals surface area contributed by atoms with Crippen LogP contribution < -0.4 is 5.32 Å². The number of hydrogen-bond acceptors (Lipinski definition) is 4. The minimum atomic E-state index is -0.888. The van der Waals surface area contributed by atoms with Crippen molar-refractivity contribution < 1.29 is 14.3 Å². The topological polar surface area (TPSA) is 75.4 Å². The van der Waals surface area contributed by atoms with Crippen LogP contribution in [-0.2, 0) is 4.79 Å². The van der Waals surface area contributed by atoms with Gasteiger partial charge < -0.3 is 14.8 Å². The van der Waals surface area contributed by atoms with Crippen LogP contribution in [0.3, 0.4) is 0 Å². The standard InChI is InChI=1S/C16H20N2O3/c1-2-3-4-5-6-10-13(15(19)20)18-16-17-12-9-7-8-11-14(12)21-16/h2,7-9,11,13H,1,3-6,10H2,(H,17,18)(H,19,20)/t13-/m0/s1. The van der Waals surface area contributed by atoms with Crippen LogP contribution in [0.1, 0.15) is 32.1 Å². The molecule has 0 fully saturated rings. The van der Waals surface area contributed by atoms with Gasteiger partial charge in [0.2, 0.25) is 0 Å². The van der Waals surface area contributed by atoms with E-state index in [4.69, 9.17) is 4.42 Å². The number of nitrogens with one attached hydrogen (secondary N) is 1. The van der Waals surface area contributed by atoms with E-state index in [0.29, 0.717) is 12.0 Å². The number of rotatable bonds is 9. The summed E-state index contributed by atoms with van der Waals surface area (Å²) in [5.41, 5.74) is 1.37. The fraction of sp³-hybridized carbons (Fsp3) is 0.375. The molecule has 2 rings (SSSR count). The lowest BCUT2D eigenvalue weighted by Gasteiger charge is -2.12. The van der Waals surface area contributed by atoms with E-state index in [0.717, 1.165) is 31.2 Å². The van der Waals surface area contributed by atoms with Gasteiger partial charge in [-0.25, -0.2) is 4.79 Å². The van der Waals surface area contributed by atoms with Crippen molar-refractivity contribution in [1.82, 2.24) is 4.98 Å². The van der Waals surface area contributed by atoms with Gasteiger partial charge in [-0.15, -0.1) is 6.58 Å². The fourth-order valence-electron chi connectivity index (χ4n) is 2.15. The Morgan fingerprint density at radius 1 is 1.38 bits per heavy atom. The maximum Gasteiger partial charge on any atom is 0.326 e. The van der Waals surface area contributed by atoms with Gasteiger partial charge in [-0.3, -0.25) is 0 Å². The zero-order valence-corrected chi connectivity index (χ0v) is 11.9. The molecule has 0 aliphatic heterocycles. The summed E-state index contributed by atoms with van der Waals surface area (Å²) in [6.07, 6.45) is 6.27. The van der Waals surface area contributed by atoms with E-state index in [1.54, 1.807) is 6.07 Å². The summed E-state index contributed by atoms with van der Waals surface area (Å²) >= 11 is 0. The molecule has 2 N–H and O–H groups in total. The van der Waals surface area contributed by atoms with Crippen LogP contribution in [0.15, 0.2) is 41.3 Å². The van der Waals surface area contributed by atoms with Gasteiger partial charge in [0, 0.05) is 0 Å². The second kappa shape index (κ2) is 7.47. The van der Waals surface area contributed by atoms with Crippen LogP contribution in [0.5, 0.6) is 0 Å². The van der Waals surface area contributed by atoms with Gasteiger partial charge in [-0.1, -0.05) is 31.1 Å². The predicted octanol–water partition coefficient (Wildman–Crippen LogP) is 3.83. The molecule has 1 atom stereocenters. The maximum absolute atomic E-state index is 11.3. The average molecular weight is 288 g/mol. The van der Waals surface area contributed by atoms with Crippen LogP contribution in [-0.4, -0.2) is 22.1 Å². The average Bonchev–Trinajstić information content (AvgIpc) is 2.88. The first-order valence-corrected chi connectivity index (χ1v) is 7.16. The van der Waals surface area contributed by atoms with Crippen molar-refractivity contribution >= 4 is 23.1 Å². The molecule has 2 aromatic rings. The van der Waals surface area contributed by atoms with Crippen molar-refractivity contribution in [3.63, 3.8) is 0 Å². The highest BCUT2D eigenvalue weighted by Gasteiger charge is 2.19. The zero-order valence-electron chi connectivity index (χ0n) is 11.9. The summed E-state index contributed by atoms with van der Waals surface area (Å²) in [4.78, 5) is 15.5. The Bertz CT molecular complexity index is 573. The highest BCUT2D eigenvalue weighted by molar-refractivity contribution is 5.78. The monoisotopic (exact) mass is 288 g/mol. The molecule has 0 radical (unpaired) electrons. The molecule has 0 saturated heterocycles. The van der Waals surface area contributed by atoms with Crippen molar-refractivity contribution in [2.24, 2.45) is 0 Å². The molecule has 0 amide bonds. The van der Waals surface area contributed by atoms with Gasteiger partial charge >= 0.3 is 5.97 Å². The van der Waals surface area contributed by atoms with Crippen molar-refractivity contribution in [3.8, 4) is 0 Å². The Kier molecular flexibility index (Phi) is 5.37. The summed E-state index contributed by atoms with van der Waals surface area (Å²) in [7, 11) is 0. The van der Waals surface area contributed by atoms with Gasteiger partial charge in [-0.2, -0.15) is 4.98 Å². The fourth-order valence-corrected chi connectivity index (χ4v) is 2.15. The Morgan fingerprint density at radius 3 is 2.90 bits per heavy atom. The number of benzene rings is 1. The smallest absolute Gasteiger partial charge is 0.326 e. The zero-order chi connectivity index (χ0) is 15.1. The summed E-state index contributed by atoms with van der Waals surface area (Å²) in [6, 6.07) is 6.93. The number of anilines is 1. The molecular weight excluding hydrogens is 268 g/mol. The predicted molar refractivity (Wildman–Crippen MR) is 82.3 cm³/mol. The van der Waals surface area contributed by atoms with Crippen LogP contribution >= 0.6 is 0 Å². The summed E-state index contributed by atoms with van der Waals surface area (Å²) in [6.45, 7) is 3.67. The largest absolute Gasteiger partial charge is 0.480 e. The Hall–Kier alpha value is -2.30. The molecule has 5 nitrogen and oxygen atoms in total. The van der Waals surface area contributed by atoms with E-state index in [2.05, 4.69) is 16.9 Å². The second-order valence-corrected chi connectivity index (χ2v) is 4.95. The summed E-state index contributed by atoms with van der Waals surface area (Å²) in [5, 5.41) is 12.1. The molecule has 0 aliphatic carbocycles. The first-order valence-electron chi connectivity index (χ1n) is 7.16. The number of aliphatic carboxylic acids is 1. The quantitative estimate of drug-likeness (QED) is 0.542. The second-order valence-electron chi connectivity index (χ2n) is 4.95. The van der Waals surface area contributed by atoms with E-state index < -0.39 is 12.0 Å². The number of carboxylic acid groups (broad SMARTS) is 1. The number of allylic oxidation sites excluding steroid dienone is 1. The molecule has 112 valence electrons. The SMILES string of the molecule is C=CCCCCC[C@H](Nc1nc2ccccc2o1)C(=O)O. The lowest BCUT2D eigenvalue weighted by molar-refractivity contribution is -0.138. The minimum absolute atomic E-state index is 0.259. The summed E-state index contributed by atoms with van der Waals surface area (Å²) in [5.74, 6) is -0.888. The minimum Gasteiger partial charge on any atom is -0.480 e. The van der Waals surface area contributed by atoms with E-state index >= 15 is 0 Å². The normalized spacial score (nSPS) is 12.2. The first kappa shape index (κ1) is 15.1. The highest BCUT2D eigenvalue weighted by Crippen LogP contribution is 2.19. The van der Waals surface area contributed by atoms with Gasteiger partial charge in [0.15, 0.2) is 5.58 Å². The Balaban J connectivity index is 1.92. The summed E-state index contributed by atoms with van der Waals surface area (Å²) < 4.78 is 5.49. The van der Waals surface area contributed by atoms with Crippen LogP contribution in [0.25, 0.3) is 11.1 Å². The van der Waals surface area contributed by atoms with E-state index in [-0.39, 0.29) is 6.01 Å². The third-order valence-electron chi connectivity index (χ3n) is 3.29. The molecule has 0 spiro atoms. The highest BCUT2D eigenvalue weighted by atomic mass is 16.4. The molecule has 21 heavy (non-hydrogen) atoms. The van der Waals surface area contributed by atoms with Crippen LogP contribution in [0.4, 0.5) is 6.01 Å². The molecule has 0 saturated carbocycles. The molecule has 0 aliphatic rings. The number of nitrogens with zero attached hydrogens (tertiary/aromatic N) is 1. The van der Waals surface area contributed by atoms with E-state index in [9.17, 15) is 9.90 Å². The van der Waals surface area contributed by atoms with E-state index in [1.807, 2.05) is 24.3 Å². The Morgan fingerprint density at radius 2 is 2.19 bits per heavy atom. The number of para-hydroxylation sites is 2. The van der Waals surface area contributed by atoms with Gasteiger partial charge in [-0.05, 0) is 31.4 Å². The van der Waals surface area contributed by atoms with E-state index in [1.165, 1.54) is 0 Å². The Labute approximate surface area is 123 Å². The number of carbonyl (C=O) groups is 1. The third-order valence-corrected chi connectivity index (χ3v) is 3.29. The molecule has 1 aromatic heterocycles. The number of fused-ring (bicyclic) bond motifs is 1. The van der Waals surface area contributed by atoms with Crippen LogP contribution in [0, 0.1) is 0 Å². The van der Waals surface area contributed by atoms with Gasteiger partial charge in [0.25, 0.3) is 6.01 Å². The molecule has 5 heteroatoms. The van der Waals surface area contributed by atoms with Crippen molar-refractivity contribution in [2.45, 2.75) is 38.1 Å². The van der Waals surface area contributed by atoms with Crippen LogP contribution in [0.2, 0.25) is 0 Å². The first-order chi connectivity index (χ1) is 10.2. The van der Waals surface area contributed by atoms with Crippen molar-refractivity contribution in [3.05, 3.63) is 36.9 Å². The van der Waals surface area contributed by atoms with Crippen molar-refractivity contribution in [1.29, 1.82) is 0 Å². The molecule has 1 heterocycles. The number of oxazole rings is 1. The number of unbranched alkanes of at least 4 members (excludes halogenated alkanes) is 3. The molecule has 0 unspecified atom stereocenters. The molecular formula is C16H20N2O3.